The third-order valence-electron chi connectivity index (χ3n) is 3.23. The van der Waals surface area contributed by atoms with Gasteiger partial charge in [-0.3, -0.25) is 4.68 Å². The molecular weight excluding hydrogens is 307 g/mol. The maximum absolute atomic E-state index is 13.2. The van der Waals surface area contributed by atoms with Gasteiger partial charge in [-0.1, -0.05) is 28.1 Å². The van der Waals surface area contributed by atoms with Gasteiger partial charge in [0.05, 0.1) is 5.69 Å². The molecule has 0 amide bonds. The quantitative estimate of drug-likeness (QED) is 0.767. The second kappa shape index (κ2) is 6.33. The van der Waals surface area contributed by atoms with Gasteiger partial charge in [0.1, 0.15) is 5.82 Å². The first-order valence-electron chi connectivity index (χ1n) is 6.38. The lowest BCUT2D eigenvalue weighted by molar-refractivity contribution is 0.553. The Kier molecular flexibility index (Phi) is 4.75. The average Bonchev–Trinajstić information content (AvgIpc) is 2.67. The molecule has 0 spiro atoms. The molecule has 19 heavy (non-hydrogen) atoms. The Bertz CT molecular complexity index is 551. The number of benzene rings is 1. The number of hydrogen-bond acceptors (Lipinski definition) is 1. The Morgan fingerprint density at radius 3 is 2.68 bits per heavy atom. The molecule has 1 aromatic carbocycles. The lowest BCUT2D eigenvalue weighted by Gasteiger charge is -2.14. The Labute approximate surface area is 121 Å². The highest BCUT2D eigenvalue weighted by Gasteiger charge is 2.13. The Balaban J connectivity index is 2.06. The number of alkyl halides is 1. The molecule has 2 aromatic rings. The normalized spacial score (nSPS) is 12.6. The largest absolute Gasteiger partial charge is 0.272 e. The van der Waals surface area contributed by atoms with Crippen molar-refractivity contribution in [1.29, 1.82) is 0 Å². The lowest BCUT2D eigenvalue weighted by Crippen LogP contribution is -2.12. The van der Waals surface area contributed by atoms with E-state index in [9.17, 15) is 4.39 Å². The molecule has 1 unspecified atom stereocenters. The van der Waals surface area contributed by atoms with E-state index >= 15 is 0 Å². The van der Waals surface area contributed by atoms with Crippen LogP contribution in [-0.2, 0) is 19.9 Å². The molecule has 1 aromatic heterocycles. The van der Waals surface area contributed by atoms with E-state index in [2.05, 4.69) is 27.1 Å². The summed E-state index contributed by atoms with van der Waals surface area (Å²) in [6.45, 7) is 2.00. The summed E-state index contributed by atoms with van der Waals surface area (Å²) in [6.07, 6.45) is 1.81. The van der Waals surface area contributed by atoms with E-state index in [0.29, 0.717) is 5.92 Å². The summed E-state index contributed by atoms with van der Waals surface area (Å²) >= 11 is 3.56. The summed E-state index contributed by atoms with van der Waals surface area (Å²) in [5.74, 6) is 0.277. The highest BCUT2D eigenvalue weighted by Crippen LogP contribution is 2.18. The smallest absolute Gasteiger partial charge is 0.123 e. The fourth-order valence-corrected chi connectivity index (χ4v) is 2.79. The first kappa shape index (κ1) is 14.3. The summed E-state index contributed by atoms with van der Waals surface area (Å²) in [6, 6.07) is 8.96. The molecule has 0 N–H and O–H groups in total. The van der Waals surface area contributed by atoms with Crippen molar-refractivity contribution in [3.63, 3.8) is 0 Å². The van der Waals surface area contributed by atoms with Gasteiger partial charge in [-0.25, -0.2) is 4.39 Å². The molecule has 0 radical (unpaired) electrons. The Morgan fingerprint density at radius 1 is 1.32 bits per heavy atom. The van der Waals surface area contributed by atoms with Crippen molar-refractivity contribution in [3.05, 3.63) is 53.1 Å². The van der Waals surface area contributed by atoms with E-state index in [-0.39, 0.29) is 5.82 Å². The van der Waals surface area contributed by atoms with Crippen LogP contribution in [0.2, 0.25) is 0 Å². The zero-order valence-electron chi connectivity index (χ0n) is 11.2. The number of aryl methyl sites for hydroxylation is 2. The number of nitrogens with zero attached hydrogens (tertiary/aromatic N) is 2. The SMILES string of the molecule is Cc1cc(CC(CBr)Cc2cccc(F)c2)n(C)n1. The monoisotopic (exact) mass is 324 g/mol. The molecule has 0 aliphatic rings. The van der Waals surface area contributed by atoms with Gasteiger partial charge >= 0.3 is 0 Å². The van der Waals surface area contributed by atoms with E-state index in [1.807, 2.05) is 24.7 Å². The van der Waals surface area contributed by atoms with Crippen LogP contribution in [0, 0.1) is 18.7 Å². The second-order valence-corrected chi connectivity index (χ2v) is 5.61. The van der Waals surface area contributed by atoms with Crippen molar-refractivity contribution in [3.8, 4) is 0 Å². The van der Waals surface area contributed by atoms with Gasteiger partial charge in [0.15, 0.2) is 0 Å². The van der Waals surface area contributed by atoms with Crippen molar-refractivity contribution in [2.45, 2.75) is 19.8 Å². The molecule has 0 aliphatic heterocycles. The maximum Gasteiger partial charge on any atom is 0.123 e. The lowest BCUT2D eigenvalue weighted by atomic mass is 9.96. The topological polar surface area (TPSA) is 17.8 Å². The van der Waals surface area contributed by atoms with E-state index < -0.39 is 0 Å². The summed E-state index contributed by atoms with van der Waals surface area (Å²) in [4.78, 5) is 0. The maximum atomic E-state index is 13.2. The third-order valence-corrected chi connectivity index (χ3v) is 4.14. The number of rotatable bonds is 5. The molecule has 102 valence electrons. The van der Waals surface area contributed by atoms with Crippen LogP contribution in [0.25, 0.3) is 0 Å². The van der Waals surface area contributed by atoms with Gasteiger partial charge in [0, 0.05) is 18.1 Å². The molecule has 0 aliphatic carbocycles. The van der Waals surface area contributed by atoms with Gasteiger partial charge in [-0.15, -0.1) is 0 Å². The highest BCUT2D eigenvalue weighted by atomic mass is 79.9. The van der Waals surface area contributed by atoms with Crippen LogP contribution in [-0.4, -0.2) is 15.1 Å². The summed E-state index contributed by atoms with van der Waals surface area (Å²) in [5, 5.41) is 5.26. The zero-order chi connectivity index (χ0) is 13.8. The number of aromatic nitrogens is 2. The van der Waals surface area contributed by atoms with Crippen LogP contribution in [0.3, 0.4) is 0 Å². The standard InChI is InChI=1S/C15H18BrFN2/c1-11-6-15(19(2)18-11)9-13(10-16)7-12-4-3-5-14(17)8-12/h3-6,8,13H,7,9-10H2,1-2H3. The Morgan fingerprint density at radius 2 is 2.11 bits per heavy atom. The van der Waals surface area contributed by atoms with E-state index in [1.165, 1.54) is 11.8 Å². The minimum atomic E-state index is -0.165. The third kappa shape index (κ3) is 3.90. The molecule has 0 bridgehead atoms. The Hall–Kier alpha value is -1.16. The van der Waals surface area contributed by atoms with E-state index in [4.69, 9.17) is 0 Å². The van der Waals surface area contributed by atoms with Crippen molar-refractivity contribution in [2.75, 3.05) is 5.33 Å². The molecule has 1 atom stereocenters. The second-order valence-electron chi connectivity index (χ2n) is 4.96. The predicted molar refractivity (Wildman–Crippen MR) is 79.0 cm³/mol. The molecule has 0 saturated carbocycles. The fraction of sp³-hybridized carbons (Fsp3) is 0.400. The van der Waals surface area contributed by atoms with Crippen molar-refractivity contribution >= 4 is 15.9 Å². The highest BCUT2D eigenvalue weighted by molar-refractivity contribution is 9.09. The summed E-state index contributed by atoms with van der Waals surface area (Å²) in [7, 11) is 1.97. The molecular formula is C15H18BrFN2. The van der Waals surface area contributed by atoms with Crippen LogP contribution >= 0.6 is 15.9 Å². The molecule has 1 heterocycles. The zero-order valence-corrected chi connectivity index (χ0v) is 12.8. The molecule has 0 fully saturated rings. The molecule has 0 saturated heterocycles. The van der Waals surface area contributed by atoms with Crippen molar-refractivity contribution in [1.82, 2.24) is 9.78 Å². The van der Waals surface area contributed by atoms with Gasteiger partial charge in [0.2, 0.25) is 0 Å². The van der Waals surface area contributed by atoms with Gasteiger partial charge in [-0.2, -0.15) is 5.10 Å². The predicted octanol–water partition coefficient (Wildman–Crippen LogP) is 3.66. The van der Waals surface area contributed by atoms with Gasteiger partial charge in [0.25, 0.3) is 0 Å². The van der Waals surface area contributed by atoms with Crippen LogP contribution < -0.4 is 0 Å². The van der Waals surface area contributed by atoms with Crippen molar-refractivity contribution < 1.29 is 4.39 Å². The number of hydrogen-bond donors (Lipinski definition) is 0. The fourth-order valence-electron chi connectivity index (χ4n) is 2.33. The van der Waals surface area contributed by atoms with Crippen LogP contribution in [0.15, 0.2) is 30.3 Å². The van der Waals surface area contributed by atoms with Crippen LogP contribution in [0.1, 0.15) is 17.0 Å². The van der Waals surface area contributed by atoms with Crippen LogP contribution in [0.5, 0.6) is 0 Å². The first-order chi connectivity index (χ1) is 9.08. The summed E-state index contributed by atoms with van der Waals surface area (Å²) < 4.78 is 15.1. The molecule has 2 rings (SSSR count). The number of halogens is 2. The average molecular weight is 325 g/mol. The molecule has 4 heteroatoms. The minimum absolute atomic E-state index is 0.165. The van der Waals surface area contributed by atoms with Gasteiger partial charge in [-0.05, 0) is 49.4 Å². The first-order valence-corrected chi connectivity index (χ1v) is 7.50. The van der Waals surface area contributed by atoms with Gasteiger partial charge < -0.3 is 0 Å². The van der Waals surface area contributed by atoms with Crippen LogP contribution in [0.4, 0.5) is 4.39 Å². The van der Waals surface area contributed by atoms with E-state index in [0.717, 1.165) is 29.4 Å². The summed E-state index contributed by atoms with van der Waals surface area (Å²) in [5.41, 5.74) is 3.30. The van der Waals surface area contributed by atoms with Crippen molar-refractivity contribution in [2.24, 2.45) is 13.0 Å². The molecule has 2 nitrogen and oxygen atoms in total. The van der Waals surface area contributed by atoms with E-state index in [1.54, 1.807) is 12.1 Å². The minimum Gasteiger partial charge on any atom is -0.272 e.